The molecule has 1 aromatic heterocycles. The smallest absolute Gasteiger partial charge is 0.199 e. The van der Waals surface area contributed by atoms with Gasteiger partial charge in [-0.05, 0) is 5.75 Å². The zero-order valence-electron chi connectivity index (χ0n) is 4.74. The number of anilines is 1. The van der Waals surface area contributed by atoms with Crippen LogP contribution in [0.3, 0.4) is 0 Å². The van der Waals surface area contributed by atoms with E-state index in [0.717, 1.165) is 18.0 Å². The van der Waals surface area contributed by atoms with Crippen molar-refractivity contribution in [3.8, 4) is 0 Å². The molecule has 0 aliphatic heterocycles. The number of thiol groups is 1. The van der Waals surface area contributed by atoms with Gasteiger partial charge in [-0.1, -0.05) is 0 Å². The Bertz CT molecular complexity index is 186. The van der Waals surface area contributed by atoms with E-state index in [4.69, 9.17) is 5.73 Å². The fraction of sp³-hybridized carbons (Fsp3) is 0.500. The van der Waals surface area contributed by atoms with Gasteiger partial charge >= 0.3 is 0 Å². The van der Waals surface area contributed by atoms with Gasteiger partial charge in [0.1, 0.15) is 5.82 Å². The van der Waals surface area contributed by atoms with Gasteiger partial charge < -0.3 is 5.73 Å². The number of hydrogen-bond acceptors (Lipinski definition) is 5. The van der Waals surface area contributed by atoms with Crippen molar-refractivity contribution in [2.24, 2.45) is 0 Å². The Morgan fingerprint density at radius 2 is 2.44 bits per heavy atom. The molecule has 9 heavy (non-hydrogen) atoms. The van der Waals surface area contributed by atoms with Crippen LogP contribution in [0.15, 0.2) is 0 Å². The van der Waals surface area contributed by atoms with E-state index in [0.29, 0.717) is 5.13 Å². The van der Waals surface area contributed by atoms with E-state index in [1.165, 1.54) is 11.5 Å². The number of aryl methyl sites for hydroxylation is 1. The Balaban J connectivity index is 2.61. The quantitative estimate of drug-likeness (QED) is 0.624. The Morgan fingerprint density at radius 1 is 1.67 bits per heavy atom. The van der Waals surface area contributed by atoms with Crippen molar-refractivity contribution in [2.45, 2.75) is 6.42 Å². The molecule has 3 nitrogen and oxygen atoms in total. The maximum absolute atomic E-state index is 5.33. The SMILES string of the molecule is Nc1nc(CCS)ns1. The van der Waals surface area contributed by atoms with Crippen LogP contribution in [0.4, 0.5) is 5.13 Å². The van der Waals surface area contributed by atoms with Gasteiger partial charge in [0.15, 0.2) is 5.13 Å². The van der Waals surface area contributed by atoms with Gasteiger partial charge in [0.2, 0.25) is 0 Å². The van der Waals surface area contributed by atoms with E-state index >= 15 is 0 Å². The summed E-state index contributed by atoms with van der Waals surface area (Å²) < 4.78 is 3.96. The van der Waals surface area contributed by atoms with Crippen molar-refractivity contribution in [2.75, 3.05) is 11.5 Å². The monoisotopic (exact) mass is 161 g/mol. The molecular formula is C4H7N3S2. The van der Waals surface area contributed by atoms with Crippen LogP contribution in [0, 0.1) is 0 Å². The number of rotatable bonds is 2. The summed E-state index contributed by atoms with van der Waals surface area (Å²) in [6.45, 7) is 0. The topological polar surface area (TPSA) is 51.8 Å². The van der Waals surface area contributed by atoms with E-state index in [-0.39, 0.29) is 0 Å². The Morgan fingerprint density at radius 3 is 2.89 bits per heavy atom. The molecule has 1 aromatic rings. The summed E-state index contributed by atoms with van der Waals surface area (Å²) in [7, 11) is 0. The first-order valence-electron chi connectivity index (χ1n) is 2.52. The van der Waals surface area contributed by atoms with Gasteiger partial charge in [0.25, 0.3) is 0 Å². The zero-order chi connectivity index (χ0) is 6.69. The minimum atomic E-state index is 0.534. The molecule has 0 aliphatic rings. The molecular weight excluding hydrogens is 154 g/mol. The predicted octanol–water partition coefficient (Wildman–Crippen LogP) is 0.593. The minimum absolute atomic E-state index is 0.534. The highest BCUT2D eigenvalue weighted by Gasteiger charge is 1.96. The molecule has 0 amide bonds. The number of hydrogen-bond donors (Lipinski definition) is 2. The third kappa shape index (κ3) is 1.83. The summed E-state index contributed by atoms with van der Waals surface area (Å²) in [5.41, 5.74) is 5.33. The maximum Gasteiger partial charge on any atom is 0.199 e. The van der Waals surface area contributed by atoms with Crippen LogP contribution in [0.25, 0.3) is 0 Å². The van der Waals surface area contributed by atoms with Crippen molar-refractivity contribution in [3.05, 3.63) is 5.82 Å². The minimum Gasteiger partial charge on any atom is -0.374 e. The molecule has 0 saturated carbocycles. The molecule has 0 aliphatic carbocycles. The molecule has 0 aromatic carbocycles. The first-order chi connectivity index (χ1) is 4.33. The van der Waals surface area contributed by atoms with Crippen LogP contribution < -0.4 is 5.73 Å². The number of nitrogen functional groups attached to an aromatic ring is 1. The molecule has 50 valence electrons. The van der Waals surface area contributed by atoms with Crippen LogP contribution >= 0.6 is 24.2 Å². The van der Waals surface area contributed by atoms with Crippen molar-refractivity contribution in [3.63, 3.8) is 0 Å². The molecule has 0 saturated heterocycles. The molecule has 2 N–H and O–H groups in total. The number of nitrogens with two attached hydrogens (primary N) is 1. The summed E-state index contributed by atoms with van der Waals surface area (Å²) in [6.07, 6.45) is 0.802. The van der Waals surface area contributed by atoms with Crippen LogP contribution in [0.2, 0.25) is 0 Å². The first kappa shape index (κ1) is 6.82. The third-order valence-corrected chi connectivity index (χ3v) is 1.62. The summed E-state index contributed by atoms with van der Waals surface area (Å²) in [5, 5.41) is 0.534. The fourth-order valence-electron chi connectivity index (χ4n) is 0.469. The maximum atomic E-state index is 5.33. The van der Waals surface area contributed by atoms with E-state index in [1.54, 1.807) is 0 Å². The van der Waals surface area contributed by atoms with Gasteiger partial charge in [-0.3, -0.25) is 0 Å². The first-order valence-corrected chi connectivity index (χ1v) is 3.92. The van der Waals surface area contributed by atoms with Crippen LogP contribution in [0.5, 0.6) is 0 Å². The molecule has 0 spiro atoms. The average Bonchev–Trinajstić information content (AvgIpc) is 2.17. The van der Waals surface area contributed by atoms with Gasteiger partial charge in [0, 0.05) is 18.0 Å². The summed E-state index contributed by atoms with van der Waals surface area (Å²) in [4.78, 5) is 3.94. The van der Waals surface area contributed by atoms with E-state index in [9.17, 15) is 0 Å². The lowest BCUT2D eigenvalue weighted by Crippen LogP contribution is -1.89. The van der Waals surface area contributed by atoms with Gasteiger partial charge in [-0.25, -0.2) is 4.98 Å². The van der Waals surface area contributed by atoms with E-state index < -0.39 is 0 Å². The largest absolute Gasteiger partial charge is 0.374 e. The lowest BCUT2D eigenvalue weighted by atomic mass is 10.5. The molecule has 0 radical (unpaired) electrons. The van der Waals surface area contributed by atoms with Gasteiger partial charge in [0.05, 0.1) is 0 Å². The lowest BCUT2D eigenvalue weighted by molar-refractivity contribution is 1.02. The average molecular weight is 161 g/mol. The van der Waals surface area contributed by atoms with E-state index in [2.05, 4.69) is 22.0 Å². The zero-order valence-corrected chi connectivity index (χ0v) is 6.45. The van der Waals surface area contributed by atoms with Crippen LogP contribution in [0.1, 0.15) is 5.82 Å². The number of nitrogens with zero attached hydrogens (tertiary/aromatic N) is 2. The molecule has 0 atom stereocenters. The number of aromatic nitrogens is 2. The second-order valence-corrected chi connectivity index (χ2v) is 2.75. The highest BCUT2D eigenvalue weighted by atomic mass is 32.1. The van der Waals surface area contributed by atoms with Crippen molar-refractivity contribution in [1.29, 1.82) is 0 Å². The van der Waals surface area contributed by atoms with Crippen molar-refractivity contribution < 1.29 is 0 Å². The Hall–Kier alpha value is -0.290. The van der Waals surface area contributed by atoms with Crippen molar-refractivity contribution in [1.82, 2.24) is 9.36 Å². The van der Waals surface area contributed by atoms with Crippen LogP contribution in [-0.2, 0) is 6.42 Å². The molecule has 0 fully saturated rings. The molecule has 5 heteroatoms. The summed E-state index contributed by atoms with van der Waals surface area (Å²) in [6, 6.07) is 0. The lowest BCUT2D eigenvalue weighted by Gasteiger charge is -1.83. The highest BCUT2D eigenvalue weighted by molar-refractivity contribution is 7.80. The highest BCUT2D eigenvalue weighted by Crippen LogP contribution is 2.05. The Labute approximate surface area is 62.9 Å². The van der Waals surface area contributed by atoms with E-state index in [1.807, 2.05) is 0 Å². The van der Waals surface area contributed by atoms with Gasteiger partial charge in [-0.15, -0.1) is 0 Å². The van der Waals surface area contributed by atoms with Crippen LogP contribution in [-0.4, -0.2) is 15.1 Å². The second-order valence-electron chi connectivity index (χ2n) is 1.52. The normalized spacial score (nSPS) is 9.89. The second kappa shape index (κ2) is 3.03. The predicted molar refractivity (Wildman–Crippen MR) is 41.9 cm³/mol. The molecule has 0 unspecified atom stereocenters. The fourth-order valence-corrected chi connectivity index (χ4v) is 1.15. The van der Waals surface area contributed by atoms with Gasteiger partial charge in [-0.2, -0.15) is 17.0 Å². The summed E-state index contributed by atoms with van der Waals surface area (Å²) >= 11 is 5.25. The standard InChI is InChI=1S/C4H7N3S2/c5-4-6-3(1-2-8)7-9-4/h8H,1-2H2,(H2,5,6,7). The summed E-state index contributed by atoms with van der Waals surface area (Å²) in [5.74, 6) is 1.57. The molecule has 0 bridgehead atoms. The molecule has 1 heterocycles. The Kier molecular flexibility index (Phi) is 2.29. The molecule has 1 rings (SSSR count). The van der Waals surface area contributed by atoms with Crippen molar-refractivity contribution >= 4 is 29.3 Å². The third-order valence-electron chi connectivity index (χ3n) is 0.819.